The Labute approximate surface area is 157 Å². The second-order valence-corrected chi connectivity index (χ2v) is 6.49. The summed E-state index contributed by atoms with van der Waals surface area (Å²) < 4.78 is 8.02. The Morgan fingerprint density at radius 2 is 2.17 bits per heavy atom. The first kappa shape index (κ1) is 16.9. The Balaban J connectivity index is 1.97. The van der Waals surface area contributed by atoms with Crippen molar-refractivity contribution in [3.05, 3.63) is 62.3 Å². The number of aromatic amines is 1. The maximum absolute atomic E-state index is 6.04. The molecule has 0 atom stereocenters. The highest BCUT2D eigenvalue weighted by Gasteiger charge is 2.08. The Hall–Kier alpha value is -1.96. The van der Waals surface area contributed by atoms with Crippen LogP contribution in [0.15, 0.2) is 52.0 Å². The van der Waals surface area contributed by atoms with E-state index in [0.717, 1.165) is 21.3 Å². The van der Waals surface area contributed by atoms with E-state index in [0.29, 0.717) is 15.6 Å². The van der Waals surface area contributed by atoms with E-state index in [4.69, 9.17) is 28.6 Å². The molecule has 0 spiro atoms. The monoisotopic (exact) mass is 422 g/mol. The molecule has 1 N–H and O–H groups in total. The van der Waals surface area contributed by atoms with Crippen LogP contribution >= 0.6 is 39.7 Å². The minimum atomic E-state index is 0.397. The van der Waals surface area contributed by atoms with Gasteiger partial charge in [0.1, 0.15) is 5.75 Å². The van der Waals surface area contributed by atoms with Crippen molar-refractivity contribution in [3.63, 3.8) is 0 Å². The normalized spacial score (nSPS) is 11.1. The molecule has 0 saturated heterocycles. The van der Waals surface area contributed by atoms with Gasteiger partial charge in [-0.05, 0) is 64.0 Å². The summed E-state index contributed by atoms with van der Waals surface area (Å²) in [6.45, 7) is 0. The number of H-pyrrole nitrogens is 1. The fourth-order valence-corrected chi connectivity index (χ4v) is 3.03. The van der Waals surface area contributed by atoms with Gasteiger partial charge in [0.15, 0.2) is 5.82 Å². The molecule has 0 saturated carbocycles. The number of halogens is 2. The van der Waals surface area contributed by atoms with Gasteiger partial charge in [-0.2, -0.15) is 14.9 Å². The second kappa shape index (κ2) is 7.29. The van der Waals surface area contributed by atoms with Crippen LogP contribution in [0.2, 0.25) is 5.02 Å². The van der Waals surface area contributed by atoms with Gasteiger partial charge in [0.2, 0.25) is 4.77 Å². The minimum Gasteiger partial charge on any atom is -0.496 e. The highest BCUT2D eigenvalue weighted by atomic mass is 79.9. The largest absolute Gasteiger partial charge is 0.496 e. The van der Waals surface area contributed by atoms with Crippen LogP contribution in [0.25, 0.3) is 11.4 Å². The topological polar surface area (TPSA) is 55.2 Å². The molecule has 122 valence electrons. The van der Waals surface area contributed by atoms with Gasteiger partial charge >= 0.3 is 0 Å². The zero-order valence-corrected chi connectivity index (χ0v) is 15.7. The Kier molecular flexibility index (Phi) is 5.13. The van der Waals surface area contributed by atoms with E-state index < -0.39 is 0 Å². The molecule has 1 aromatic heterocycles. The minimum absolute atomic E-state index is 0.397. The van der Waals surface area contributed by atoms with Gasteiger partial charge < -0.3 is 4.74 Å². The molecular formula is C16H12BrClN4OS. The fourth-order valence-electron chi connectivity index (χ4n) is 2.10. The summed E-state index contributed by atoms with van der Waals surface area (Å²) in [7, 11) is 1.62. The van der Waals surface area contributed by atoms with Gasteiger partial charge in [-0.25, -0.2) is 5.10 Å². The summed E-state index contributed by atoms with van der Waals surface area (Å²) in [6.07, 6.45) is 1.70. The lowest BCUT2D eigenvalue weighted by atomic mass is 10.2. The van der Waals surface area contributed by atoms with Crippen molar-refractivity contribution in [1.29, 1.82) is 0 Å². The van der Waals surface area contributed by atoms with Crippen LogP contribution in [-0.4, -0.2) is 28.2 Å². The van der Waals surface area contributed by atoms with Crippen LogP contribution < -0.4 is 4.74 Å². The Morgan fingerprint density at radius 1 is 1.33 bits per heavy atom. The van der Waals surface area contributed by atoms with Crippen LogP contribution in [0, 0.1) is 4.77 Å². The van der Waals surface area contributed by atoms with E-state index in [9.17, 15) is 0 Å². The molecule has 8 heteroatoms. The van der Waals surface area contributed by atoms with Gasteiger partial charge in [0, 0.05) is 10.6 Å². The molecule has 2 aromatic carbocycles. The number of hydrogen-bond acceptors (Lipinski definition) is 4. The number of methoxy groups -OCH3 is 1. The van der Waals surface area contributed by atoms with Gasteiger partial charge in [-0.1, -0.05) is 23.7 Å². The highest BCUT2D eigenvalue weighted by Crippen LogP contribution is 2.25. The highest BCUT2D eigenvalue weighted by molar-refractivity contribution is 9.10. The van der Waals surface area contributed by atoms with E-state index in [1.54, 1.807) is 24.1 Å². The number of benzene rings is 2. The SMILES string of the molecule is COc1ccc(/C=N/n2c(-c3cccc(Cl)c3)n[nH]c2=S)cc1Br. The standard InChI is InChI=1S/C16H12BrClN4OS/c1-23-14-6-5-10(7-13(14)17)9-19-22-15(20-21-16(22)24)11-3-2-4-12(18)8-11/h2-9H,1H3,(H,21,24)/b19-9+. The summed E-state index contributed by atoms with van der Waals surface area (Å²) in [4.78, 5) is 0. The van der Waals surface area contributed by atoms with Crippen LogP contribution in [0.1, 0.15) is 5.56 Å². The van der Waals surface area contributed by atoms with E-state index in [1.807, 2.05) is 36.4 Å². The second-order valence-electron chi connectivity index (χ2n) is 4.81. The van der Waals surface area contributed by atoms with Crippen molar-refractivity contribution in [2.24, 2.45) is 5.10 Å². The summed E-state index contributed by atoms with van der Waals surface area (Å²) in [5.41, 5.74) is 1.71. The quantitative estimate of drug-likeness (QED) is 0.479. The molecule has 24 heavy (non-hydrogen) atoms. The number of ether oxygens (including phenoxy) is 1. The molecule has 0 aliphatic carbocycles. The maximum atomic E-state index is 6.04. The summed E-state index contributed by atoms with van der Waals surface area (Å²) >= 11 is 14.8. The van der Waals surface area contributed by atoms with Crippen molar-refractivity contribution in [2.45, 2.75) is 0 Å². The van der Waals surface area contributed by atoms with Crippen molar-refractivity contribution >= 4 is 46.0 Å². The molecule has 0 aliphatic heterocycles. The Bertz CT molecular complexity index is 967. The smallest absolute Gasteiger partial charge is 0.216 e. The summed E-state index contributed by atoms with van der Waals surface area (Å²) in [5, 5.41) is 12.0. The first-order valence-corrected chi connectivity index (χ1v) is 8.47. The molecule has 3 rings (SSSR count). The van der Waals surface area contributed by atoms with Gasteiger partial charge in [-0.15, -0.1) is 0 Å². The third kappa shape index (κ3) is 3.58. The van der Waals surface area contributed by atoms with Crippen molar-refractivity contribution in [2.75, 3.05) is 7.11 Å². The van der Waals surface area contributed by atoms with E-state index in [1.165, 1.54) is 0 Å². The zero-order chi connectivity index (χ0) is 17.1. The third-order valence-electron chi connectivity index (χ3n) is 3.23. The molecule has 0 unspecified atom stereocenters. The third-order valence-corrected chi connectivity index (χ3v) is 4.35. The fraction of sp³-hybridized carbons (Fsp3) is 0.0625. The summed E-state index contributed by atoms with van der Waals surface area (Å²) in [6, 6.07) is 13.0. The average Bonchev–Trinajstić information content (AvgIpc) is 2.94. The van der Waals surface area contributed by atoms with Crippen LogP contribution in [0.4, 0.5) is 0 Å². The van der Waals surface area contributed by atoms with Gasteiger partial charge in [0.25, 0.3) is 0 Å². The van der Waals surface area contributed by atoms with E-state index in [-0.39, 0.29) is 0 Å². The molecule has 1 heterocycles. The number of hydrogen-bond donors (Lipinski definition) is 1. The number of rotatable bonds is 4. The predicted molar refractivity (Wildman–Crippen MR) is 102 cm³/mol. The zero-order valence-electron chi connectivity index (χ0n) is 12.5. The first-order valence-electron chi connectivity index (χ1n) is 6.90. The number of nitrogens with one attached hydrogen (secondary N) is 1. The lowest BCUT2D eigenvalue weighted by Gasteiger charge is -2.04. The van der Waals surface area contributed by atoms with Gasteiger partial charge in [0.05, 0.1) is 17.8 Å². The lowest BCUT2D eigenvalue weighted by Crippen LogP contribution is -1.95. The maximum Gasteiger partial charge on any atom is 0.216 e. The molecule has 0 radical (unpaired) electrons. The first-order chi connectivity index (χ1) is 11.6. The van der Waals surface area contributed by atoms with E-state index in [2.05, 4.69) is 31.2 Å². The molecule has 0 bridgehead atoms. The summed E-state index contributed by atoms with van der Waals surface area (Å²) in [5.74, 6) is 1.35. The van der Waals surface area contributed by atoms with Crippen LogP contribution in [0.5, 0.6) is 5.75 Å². The van der Waals surface area contributed by atoms with E-state index >= 15 is 0 Å². The number of nitrogens with zero attached hydrogens (tertiary/aromatic N) is 3. The molecule has 0 amide bonds. The van der Waals surface area contributed by atoms with Crippen LogP contribution in [0.3, 0.4) is 0 Å². The lowest BCUT2D eigenvalue weighted by molar-refractivity contribution is 0.412. The van der Waals surface area contributed by atoms with Crippen molar-refractivity contribution in [1.82, 2.24) is 14.9 Å². The predicted octanol–water partition coefficient (Wildman–Crippen LogP) is 4.91. The van der Waals surface area contributed by atoms with Gasteiger partial charge in [-0.3, -0.25) is 0 Å². The molecule has 5 nitrogen and oxygen atoms in total. The Morgan fingerprint density at radius 3 is 2.88 bits per heavy atom. The molecular weight excluding hydrogens is 412 g/mol. The molecule has 0 aliphatic rings. The van der Waals surface area contributed by atoms with Crippen molar-refractivity contribution < 1.29 is 4.74 Å². The van der Waals surface area contributed by atoms with Crippen molar-refractivity contribution in [3.8, 4) is 17.1 Å². The number of aromatic nitrogens is 3. The molecule has 0 fully saturated rings. The van der Waals surface area contributed by atoms with Crippen LogP contribution in [-0.2, 0) is 0 Å². The molecule has 3 aromatic rings. The average molecular weight is 424 g/mol.